The normalized spacial score (nSPS) is 25.6. The SMILES string of the molecule is CCN1CCC(CCNC(=O)CC2CCCN2)CC1. The topological polar surface area (TPSA) is 44.4 Å². The van der Waals surface area contributed by atoms with E-state index in [-0.39, 0.29) is 5.91 Å². The number of hydrogen-bond acceptors (Lipinski definition) is 3. The number of rotatable bonds is 6. The highest BCUT2D eigenvalue weighted by molar-refractivity contribution is 5.76. The molecule has 2 N–H and O–H groups in total. The highest BCUT2D eigenvalue weighted by Crippen LogP contribution is 2.19. The third kappa shape index (κ3) is 5.11. The van der Waals surface area contributed by atoms with E-state index >= 15 is 0 Å². The molecule has 0 bridgehead atoms. The molecule has 0 radical (unpaired) electrons. The molecule has 4 heteroatoms. The highest BCUT2D eigenvalue weighted by atomic mass is 16.1. The van der Waals surface area contributed by atoms with E-state index in [2.05, 4.69) is 22.5 Å². The molecule has 2 rings (SSSR count). The van der Waals surface area contributed by atoms with Gasteiger partial charge in [0.1, 0.15) is 0 Å². The Morgan fingerprint density at radius 2 is 2.11 bits per heavy atom. The second-order valence-corrected chi connectivity index (χ2v) is 6.01. The monoisotopic (exact) mass is 267 g/mol. The van der Waals surface area contributed by atoms with E-state index in [1.54, 1.807) is 0 Å². The predicted octanol–water partition coefficient (Wildman–Crippen LogP) is 1.37. The molecule has 2 saturated heterocycles. The van der Waals surface area contributed by atoms with Gasteiger partial charge in [-0.3, -0.25) is 4.79 Å². The van der Waals surface area contributed by atoms with Gasteiger partial charge in [0.2, 0.25) is 5.91 Å². The van der Waals surface area contributed by atoms with Crippen LogP contribution in [0.25, 0.3) is 0 Å². The molecule has 1 atom stereocenters. The quantitative estimate of drug-likeness (QED) is 0.764. The zero-order chi connectivity index (χ0) is 13.5. The molecule has 0 aliphatic carbocycles. The first-order chi connectivity index (χ1) is 9.28. The lowest BCUT2D eigenvalue weighted by atomic mass is 9.93. The zero-order valence-corrected chi connectivity index (χ0v) is 12.3. The average molecular weight is 267 g/mol. The molecule has 0 aromatic carbocycles. The maximum atomic E-state index is 11.8. The van der Waals surface area contributed by atoms with Crippen LogP contribution in [0.1, 0.15) is 45.4 Å². The molecule has 0 aromatic heterocycles. The van der Waals surface area contributed by atoms with E-state index in [1.807, 2.05) is 0 Å². The van der Waals surface area contributed by atoms with E-state index in [0.29, 0.717) is 12.5 Å². The molecule has 2 aliphatic heterocycles. The number of amides is 1. The predicted molar refractivity (Wildman–Crippen MR) is 78.1 cm³/mol. The van der Waals surface area contributed by atoms with Crippen LogP contribution >= 0.6 is 0 Å². The Morgan fingerprint density at radius 3 is 2.74 bits per heavy atom. The Kier molecular flexibility index (Phi) is 6.11. The van der Waals surface area contributed by atoms with Gasteiger partial charge in [-0.25, -0.2) is 0 Å². The largest absolute Gasteiger partial charge is 0.356 e. The maximum Gasteiger partial charge on any atom is 0.221 e. The summed E-state index contributed by atoms with van der Waals surface area (Å²) in [6.07, 6.45) is 6.79. The molecule has 2 heterocycles. The van der Waals surface area contributed by atoms with Crippen LogP contribution in [-0.2, 0) is 4.79 Å². The average Bonchev–Trinajstić information content (AvgIpc) is 2.92. The summed E-state index contributed by atoms with van der Waals surface area (Å²) >= 11 is 0. The van der Waals surface area contributed by atoms with Gasteiger partial charge in [0, 0.05) is 19.0 Å². The number of nitrogens with zero attached hydrogens (tertiary/aromatic N) is 1. The molecule has 4 nitrogen and oxygen atoms in total. The van der Waals surface area contributed by atoms with E-state index < -0.39 is 0 Å². The first kappa shape index (κ1) is 14.8. The molecule has 0 saturated carbocycles. The summed E-state index contributed by atoms with van der Waals surface area (Å²) in [5.74, 6) is 1.04. The van der Waals surface area contributed by atoms with Crippen molar-refractivity contribution in [3.8, 4) is 0 Å². The molecule has 2 fully saturated rings. The third-order valence-corrected chi connectivity index (χ3v) is 4.62. The van der Waals surface area contributed by atoms with Gasteiger partial charge in [-0.05, 0) is 64.2 Å². The first-order valence-electron chi connectivity index (χ1n) is 8.00. The zero-order valence-electron chi connectivity index (χ0n) is 12.3. The Labute approximate surface area is 117 Å². The molecule has 19 heavy (non-hydrogen) atoms. The Morgan fingerprint density at radius 1 is 1.32 bits per heavy atom. The summed E-state index contributed by atoms with van der Waals surface area (Å²) in [6.45, 7) is 7.83. The van der Waals surface area contributed by atoms with Gasteiger partial charge >= 0.3 is 0 Å². The minimum Gasteiger partial charge on any atom is -0.356 e. The molecule has 2 aliphatic rings. The van der Waals surface area contributed by atoms with Gasteiger partial charge in [0.05, 0.1) is 0 Å². The second-order valence-electron chi connectivity index (χ2n) is 6.01. The fourth-order valence-electron chi connectivity index (χ4n) is 3.23. The lowest BCUT2D eigenvalue weighted by Crippen LogP contribution is -2.36. The Hall–Kier alpha value is -0.610. The summed E-state index contributed by atoms with van der Waals surface area (Å²) in [5, 5.41) is 6.46. The number of carbonyl (C=O) groups excluding carboxylic acids is 1. The standard InChI is InChI=1S/C15H29N3O/c1-2-18-10-6-13(7-11-18)5-9-17-15(19)12-14-4-3-8-16-14/h13-14,16H,2-12H2,1H3,(H,17,19). The molecule has 110 valence electrons. The van der Waals surface area contributed by atoms with Crippen molar-refractivity contribution in [3.05, 3.63) is 0 Å². The van der Waals surface area contributed by atoms with Crippen LogP contribution < -0.4 is 10.6 Å². The van der Waals surface area contributed by atoms with Gasteiger partial charge in [0.25, 0.3) is 0 Å². The molecule has 1 amide bonds. The van der Waals surface area contributed by atoms with Crippen molar-refractivity contribution in [2.75, 3.05) is 32.7 Å². The third-order valence-electron chi connectivity index (χ3n) is 4.62. The van der Waals surface area contributed by atoms with Crippen LogP contribution in [0.2, 0.25) is 0 Å². The van der Waals surface area contributed by atoms with E-state index in [1.165, 1.54) is 38.9 Å². The van der Waals surface area contributed by atoms with Gasteiger partial charge in [-0.1, -0.05) is 6.92 Å². The fourth-order valence-corrected chi connectivity index (χ4v) is 3.23. The first-order valence-corrected chi connectivity index (χ1v) is 8.00. The van der Waals surface area contributed by atoms with Gasteiger partial charge in [-0.2, -0.15) is 0 Å². The fraction of sp³-hybridized carbons (Fsp3) is 0.933. The Bertz CT molecular complexity index is 269. The summed E-state index contributed by atoms with van der Waals surface area (Å²) in [4.78, 5) is 14.3. The van der Waals surface area contributed by atoms with Crippen molar-refractivity contribution >= 4 is 5.91 Å². The van der Waals surface area contributed by atoms with E-state index in [4.69, 9.17) is 0 Å². The molecular weight excluding hydrogens is 238 g/mol. The number of nitrogens with one attached hydrogen (secondary N) is 2. The van der Waals surface area contributed by atoms with Crippen LogP contribution in [0.5, 0.6) is 0 Å². The number of hydrogen-bond donors (Lipinski definition) is 2. The number of piperidine rings is 1. The van der Waals surface area contributed by atoms with Crippen molar-refractivity contribution in [2.24, 2.45) is 5.92 Å². The minimum absolute atomic E-state index is 0.227. The smallest absolute Gasteiger partial charge is 0.221 e. The highest BCUT2D eigenvalue weighted by Gasteiger charge is 2.19. The van der Waals surface area contributed by atoms with Gasteiger partial charge < -0.3 is 15.5 Å². The number of likely N-dealkylation sites (tertiary alicyclic amines) is 1. The maximum absolute atomic E-state index is 11.8. The number of carbonyl (C=O) groups is 1. The van der Waals surface area contributed by atoms with E-state index in [0.717, 1.165) is 31.8 Å². The molecule has 0 spiro atoms. The second kappa shape index (κ2) is 7.85. The molecular formula is C15H29N3O. The van der Waals surface area contributed by atoms with Gasteiger partial charge in [0.15, 0.2) is 0 Å². The van der Waals surface area contributed by atoms with Crippen molar-refractivity contribution in [1.29, 1.82) is 0 Å². The van der Waals surface area contributed by atoms with Crippen LogP contribution in [0.3, 0.4) is 0 Å². The van der Waals surface area contributed by atoms with Crippen LogP contribution in [0, 0.1) is 5.92 Å². The van der Waals surface area contributed by atoms with Crippen LogP contribution in [0.15, 0.2) is 0 Å². The van der Waals surface area contributed by atoms with Gasteiger partial charge in [-0.15, -0.1) is 0 Å². The molecule has 0 aromatic rings. The molecule has 1 unspecified atom stereocenters. The van der Waals surface area contributed by atoms with Crippen molar-refractivity contribution in [2.45, 2.75) is 51.5 Å². The lowest BCUT2D eigenvalue weighted by molar-refractivity contribution is -0.121. The van der Waals surface area contributed by atoms with Crippen LogP contribution in [0.4, 0.5) is 0 Å². The Balaban J connectivity index is 1.52. The lowest BCUT2D eigenvalue weighted by Gasteiger charge is -2.31. The van der Waals surface area contributed by atoms with Crippen LogP contribution in [-0.4, -0.2) is 49.6 Å². The van der Waals surface area contributed by atoms with E-state index in [9.17, 15) is 4.79 Å². The summed E-state index contributed by atoms with van der Waals surface area (Å²) in [6, 6.07) is 0.424. The summed E-state index contributed by atoms with van der Waals surface area (Å²) in [5.41, 5.74) is 0. The van der Waals surface area contributed by atoms with Crippen molar-refractivity contribution in [1.82, 2.24) is 15.5 Å². The van der Waals surface area contributed by atoms with Crippen molar-refractivity contribution in [3.63, 3.8) is 0 Å². The summed E-state index contributed by atoms with van der Waals surface area (Å²) in [7, 11) is 0. The van der Waals surface area contributed by atoms with Crippen molar-refractivity contribution < 1.29 is 4.79 Å². The minimum atomic E-state index is 0.227. The summed E-state index contributed by atoms with van der Waals surface area (Å²) < 4.78 is 0.